The van der Waals surface area contributed by atoms with Crippen LogP contribution in [0.5, 0.6) is 0 Å². The summed E-state index contributed by atoms with van der Waals surface area (Å²) in [5.74, 6) is -0.352. The first kappa shape index (κ1) is 53.9. The van der Waals surface area contributed by atoms with Gasteiger partial charge in [0.1, 0.15) is 19.3 Å². The molecule has 0 aliphatic rings. The van der Waals surface area contributed by atoms with Crippen molar-refractivity contribution in [3.63, 3.8) is 0 Å². The number of hydrogen-bond donors (Lipinski definition) is 0. The molecule has 0 spiro atoms. The highest BCUT2D eigenvalue weighted by atomic mass is 31.2. The van der Waals surface area contributed by atoms with Crippen molar-refractivity contribution in [1.82, 2.24) is 0 Å². The van der Waals surface area contributed by atoms with Crippen LogP contribution >= 0.6 is 7.82 Å². The van der Waals surface area contributed by atoms with Gasteiger partial charge in [0.25, 0.3) is 7.82 Å². The highest BCUT2D eigenvalue weighted by molar-refractivity contribution is 7.45. The van der Waals surface area contributed by atoms with Gasteiger partial charge in [-0.1, -0.05) is 164 Å². The van der Waals surface area contributed by atoms with Gasteiger partial charge < -0.3 is 27.9 Å². The van der Waals surface area contributed by atoms with E-state index < -0.39 is 13.9 Å². The van der Waals surface area contributed by atoms with Gasteiger partial charge in [-0.3, -0.25) is 9.36 Å². The average Bonchev–Trinajstić information content (AvgIpc) is 3.15. The van der Waals surface area contributed by atoms with Gasteiger partial charge in [-0.2, -0.15) is 0 Å². The Bertz CT molecular complexity index is 1120. The summed E-state index contributed by atoms with van der Waals surface area (Å²) >= 11 is 0. The van der Waals surface area contributed by atoms with Crippen molar-refractivity contribution in [1.29, 1.82) is 0 Å². The third kappa shape index (κ3) is 43.1. The maximum absolute atomic E-state index is 12.7. The van der Waals surface area contributed by atoms with E-state index in [-0.39, 0.29) is 25.8 Å². The number of unbranched alkanes of at least 4 members (excludes halogenated alkanes) is 14. The Balaban J connectivity index is 4.18. The van der Waals surface area contributed by atoms with Gasteiger partial charge in [-0.05, 0) is 64.2 Å². The number of carbonyl (C=O) groups is 1. The highest BCUT2D eigenvalue weighted by Crippen LogP contribution is 2.38. The molecule has 56 heavy (non-hydrogen) atoms. The predicted molar refractivity (Wildman–Crippen MR) is 235 cm³/mol. The van der Waals surface area contributed by atoms with Crippen LogP contribution in [-0.2, 0) is 27.9 Å². The van der Waals surface area contributed by atoms with E-state index in [1.54, 1.807) is 0 Å². The molecule has 0 saturated carbocycles. The quantitative estimate of drug-likeness (QED) is 0.0200. The summed E-state index contributed by atoms with van der Waals surface area (Å²) in [6.07, 6.45) is 50.6. The number of quaternary nitrogens is 1. The first-order chi connectivity index (χ1) is 27.1. The third-order valence-corrected chi connectivity index (χ3v) is 9.99. The molecule has 0 aliphatic carbocycles. The normalized spacial score (nSPS) is 14.5. The first-order valence-corrected chi connectivity index (χ1v) is 23.6. The van der Waals surface area contributed by atoms with Crippen LogP contribution in [0.1, 0.15) is 162 Å². The van der Waals surface area contributed by atoms with Crippen LogP contribution in [0, 0.1) is 0 Å². The van der Waals surface area contributed by atoms with E-state index in [1.807, 2.05) is 21.1 Å². The zero-order valence-electron chi connectivity index (χ0n) is 36.6. The van der Waals surface area contributed by atoms with Gasteiger partial charge in [0.2, 0.25) is 0 Å². The smallest absolute Gasteiger partial charge is 0.306 e. The van der Waals surface area contributed by atoms with Crippen molar-refractivity contribution < 1.29 is 37.3 Å². The molecule has 0 fully saturated rings. The van der Waals surface area contributed by atoms with E-state index in [1.165, 1.54) is 57.8 Å². The fraction of sp³-hybridized carbons (Fsp3) is 0.723. The van der Waals surface area contributed by atoms with Crippen molar-refractivity contribution in [3.8, 4) is 0 Å². The number of esters is 1. The van der Waals surface area contributed by atoms with Crippen LogP contribution in [0.4, 0.5) is 0 Å². The molecule has 0 amide bonds. The molecule has 324 valence electrons. The number of likely N-dealkylation sites (N-methyl/N-ethyl adjacent to an activating group) is 1. The fourth-order valence-corrected chi connectivity index (χ4v) is 6.34. The minimum atomic E-state index is -4.53. The lowest BCUT2D eigenvalue weighted by Crippen LogP contribution is -2.37. The number of nitrogens with zero attached hydrogens (tertiary/aromatic N) is 1. The number of hydrogen-bond acceptors (Lipinski definition) is 7. The maximum Gasteiger partial charge on any atom is 0.306 e. The number of rotatable bonds is 40. The van der Waals surface area contributed by atoms with Gasteiger partial charge >= 0.3 is 5.97 Å². The number of phosphoric acid groups is 1. The van der Waals surface area contributed by atoms with Crippen LogP contribution in [0.15, 0.2) is 72.9 Å². The Labute approximate surface area is 344 Å². The van der Waals surface area contributed by atoms with E-state index in [4.69, 9.17) is 18.5 Å². The Morgan fingerprint density at radius 3 is 1.55 bits per heavy atom. The van der Waals surface area contributed by atoms with Crippen LogP contribution in [-0.4, -0.2) is 70.7 Å². The van der Waals surface area contributed by atoms with Gasteiger partial charge in [0, 0.05) is 13.0 Å². The minimum absolute atomic E-state index is 0.0202. The first-order valence-electron chi connectivity index (χ1n) is 22.2. The van der Waals surface area contributed by atoms with Crippen molar-refractivity contribution >= 4 is 13.8 Å². The van der Waals surface area contributed by atoms with E-state index >= 15 is 0 Å². The van der Waals surface area contributed by atoms with Gasteiger partial charge in [-0.25, -0.2) is 0 Å². The summed E-state index contributed by atoms with van der Waals surface area (Å²) in [6.45, 7) is 5.25. The zero-order chi connectivity index (χ0) is 41.3. The summed E-state index contributed by atoms with van der Waals surface area (Å²) in [5.41, 5.74) is 0. The molecule has 0 N–H and O–H groups in total. The summed E-state index contributed by atoms with van der Waals surface area (Å²) in [5, 5.41) is 0. The van der Waals surface area contributed by atoms with Crippen LogP contribution in [0.2, 0.25) is 0 Å². The molecular formula is C47H84NO7P. The van der Waals surface area contributed by atoms with Crippen LogP contribution < -0.4 is 4.89 Å². The lowest BCUT2D eigenvalue weighted by molar-refractivity contribution is -0.870. The van der Waals surface area contributed by atoms with Gasteiger partial charge in [-0.15, -0.1) is 0 Å². The number of ether oxygens (including phenoxy) is 2. The lowest BCUT2D eigenvalue weighted by Gasteiger charge is -2.28. The third-order valence-electron chi connectivity index (χ3n) is 9.02. The molecular weight excluding hydrogens is 721 g/mol. The van der Waals surface area contributed by atoms with E-state index in [9.17, 15) is 14.3 Å². The summed E-state index contributed by atoms with van der Waals surface area (Å²) in [6, 6.07) is 0. The standard InChI is InChI=1S/C47H84NO7P/c1-6-8-10-12-14-16-17-18-19-20-21-22-23-24-25-26-27-28-29-30-31-32-34-36-38-40-47(49)55-46(45-54-56(50,51)53-43-41-48(3,4)5)44-52-42-39-37-35-33-15-13-11-9-7-2/h8,10,14,16,18-19,21-22,24-25,27-28,46H,6-7,9,11-13,15,17,20,23,26,29-45H2,1-5H3/b10-8-,16-14-,19-18-,22-21-,25-24-,28-27-. The van der Waals surface area contributed by atoms with E-state index in [0.29, 0.717) is 24.1 Å². The van der Waals surface area contributed by atoms with Crippen molar-refractivity contribution in [2.75, 3.05) is 54.1 Å². The molecule has 0 rings (SSSR count). The van der Waals surface area contributed by atoms with Crippen molar-refractivity contribution in [2.24, 2.45) is 0 Å². The minimum Gasteiger partial charge on any atom is -0.756 e. The molecule has 0 radical (unpaired) electrons. The predicted octanol–water partition coefficient (Wildman–Crippen LogP) is 12.5. The van der Waals surface area contributed by atoms with E-state index in [2.05, 4.69) is 86.8 Å². The fourth-order valence-electron chi connectivity index (χ4n) is 5.61. The molecule has 0 aliphatic heterocycles. The zero-order valence-corrected chi connectivity index (χ0v) is 37.5. The average molecular weight is 806 g/mol. The van der Waals surface area contributed by atoms with Crippen molar-refractivity contribution in [3.05, 3.63) is 72.9 Å². The van der Waals surface area contributed by atoms with Crippen molar-refractivity contribution in [2.45, 2.75) is 168 Å². The molecule has 0 bridgehead atoms. The lowest BCUT2D eigenvalue weighted by atomic mass is 10.1. The summed E-state index contributed by atoms with van der Waals surface area (Å²) in [4.78, 5) is 25.0. The molecule has 0 saturated heterocycles. The second-order valence-corrected chi connectivity index (χ2v) is 17.1. The van der Waals surface area contributed by atoms with Gasteiger partial charge in [0.05, 0.1) is 34.4 Å². The van der Waals surface area contributed by atoms with E-state index in [0.717, 1.165) is 83.5 Å². The number of carbonyl (C=O) groups excluding carboxylic acids is 1. The molecule has 0 aromatic rings. The Morgan fingerprint density at radius 1 is 0.571 bits per heavy atom. The molecule has 9 heteroatoms. The topological polar surface area (TPSA) is 94.1 Å². The molecule has 0 heterocycles. The largest absolute Gasteiger partial charge is 0.756 e. The second kappa shape index (κ2) is 39.8. The molecule has 0 aromatic heterocycles. The Kier molecular flexibility index (Phi) is 38.3. The summed E-state index contributed by atoms with van der Waals surface area (Å²) in [7, 11) is 1.34. The number of phosphoric ester groups is 1. The molecule has 0 aromatic carbocycles. The SMILES string of the molecule is CC/C=C\C/C=C\C/C=C\C/C=C\C/C=C\C/C=C\CCCCCCCCC(=O)OC(COCCCCCCCCCCC)COP(=O)([O-])OCC[N+](C)(C)C. The van der Waals surface area contributed by atoms with Crippen LogP contribution in [0.25, 0.3) is 0 Å². The maximum atomic E-state index is 12.7. The summed E-state index contributed by atoms with van der Waals surface area (Å²) < 4.78 is 34.5. The number of allylic oxidation sites excluding steroid dienone is 12. The monoisotopic (exact) mass is 806 g/mol. The van der Waals surface area contributed by atoms with Gasteiger partial charge in [0.15, 0.2) is 0 Å². The Hall–Kier alpha value is -2.06. The molecule has 2 unspecified atom stereocenters. The highest BCUT2D eigenvalue weighted by Gasteiger charge is 2.20. The molecule has 8 nitrogen and oxygen atoms in total. The Morgan fingerprint density at radius 2 is 1.04 bits per heavy atom. The second-order valence-electron chi connectivity index (χ2n) is 15.7. The van der Waals surface area contributed by atoms with Crippen LogP contribution in [0.3, 0.4) is 0 Å². The molecule has 2 atom stereocenters.